The van der Waals surface area contributed by atoms with Crippen molar-refractivity contribution in [2.24, 2.45) is 0 Å². The van der Waals surface area contributed by atoms with Gasteiger partial charge in [-0.1, -0.05) is 0 Å². The Labute approximate surface area is 141 Å². The Hall–Kier alpha value is -2.70. The van der Waals surface area contributed by atoms with Crippen molar-refractivity contribution in [2.45, 2.75) is 13.3 Å². The van der Waals surface area contributed by atoms with Crippen LogP contribution in [0.25, 0.3) is 0 Å². The van der Waals surface area contributed by atoms with Crippen molar-refractivity contribution in [3.63, 3.8) is 0 Å². The van der Waals surface area contributed by atoms with Gasteiger partial charge >= 0.3 is 5.97 Å². The van der Waals surface area contributed by atoms with E-state index in [2.05, 4.69) is 24.8 Å². The van der Waals surface area contributed by atoms with Crippen LogP contribution in [0.15, 0.2) is 36.9 Å². The Balaban J connectivity index is 1.65. The third kappa shape index (κ3) is 3.79. The quantitative estimate of drug-likeness (QED) is 0.792. The molecular weight excluding hydrogens is 306 g/mol. The van der Waals surface area contributed by atoms with E-state index in [1.54, 1.807) is 37.8 Å². The maximum Gasteiger partial charge on any atom is 0.339 e. The number of esters is 1. The van der Waals surface area contributed by atoms with Gasteiger partial charge in [-0.3, -0.25) is 4.98 Å². The van der Waals surface area contributed by atoms with Crippen molar-refractivity contribution >= 4 is 17.6 Å². The van der Waals surface area contributed by atoms with Gasteiger partial charge < -0.3 is 14.5 Å². The van der Waals surface area contributed by atoms with Gasteiger partial charge in [0.05, 0.1) is 18.4 Å². The largest absolute Gasteiger partial charge is 0.462 e. The Morgan fingerprint density at radius 3 is 2.46 bits per heavy atom. The third-order valence-electron chi connectivity index (χ3n) is 3.95. The molecule has 126 valence electrons. The van der Waals surface area contributed by atoms with Crippen LogP contribution in [0.5, 0.6) is 0 Å². The number of carbonyl (C=O) groups is 1. The molecule has 0 spiro atoms. The van der Waals surface area contributed by atoms with E-state index in [0.717, 1.165) is 44.2 Å². The number of hydrogen-bond donors (Lipinski definition) is 0. The SMILES string of the molecule is CCOC(=O)c1ccc(N2CCCN(c3cnccn3)CC2)nc1. The molecule has 3 rings (SSSR count). The Morgan fingerprint density at radius 1 is 1.04 bits per heavy atom. The maximum atomic E-state index is 11.7. The minimum absolute atomic E-state index is 0.332. The molecule has 0 bridgehead atoms. The summed E-state index contributed by atoms with van der Waals surface area (Å²) >= 11 is 0. The Bertz CT molecular complexity index is 662. The zero-order valence-electron chi connectivity index (χ0n) is 13.8. The van der Waals surface area contributed by atoms with E-state index in [4.69, 9.17) is 4.74 Å². The summed E-state index contributed by atoms with van der Waals surface area (Å²) in [6, 6.07) is 3.65. The lowest BCUT2D eigenvalue weighted by atomic mass is 10.2. The number of anilines is 2. The van der Waals surface area contributed by atoms with E-state index in [-0.39, 0.29) is 5.97 Å². The van der Waals surface area contributed by atoms with Crippen molar-refractivity contribution in [3.8, 4) is 0 Å². The highest BCUT2D eigenvalue weighted by Crippen LogP contribution is 2.17. The van der Waals surface area contributed by atoms with Crippen LogP contribution >= 0.6 is 0 Å². The van der Waals surface area contributed by atoms with Crippen LogP contribution in [0.1, 0.15) is 23.7 Å². The zero-order chi connectivity index (χ0) is 16.8. The Kier molecular flexibility index (Phi) is 5.20. The van der Waals surface area contributed by atoms with E-state index in [0.29, 0.717) is 12.2 Å². The number of aromatic nitrogens is 3. The fourth-order valence-electron chi connectivity index (χ4n) is 2.74. The summed E-state index contributed by atoms with van der Waals surface area (Å²) in [6.07, 6.45) is 7.79. The maximum absolute atomic E-state index is 11.7. The number of nitrogens with zero attached hydrogens (tertiary/aromatic N) is 5. The molecule has 7 heteroatoms. The first kappa shape index (κ1) is 16.2. The van der Waals surface area contributed by atoms with Gasteiger partial charge in [0.2, 0.25) is 0 Å². The second-order valence-corrected chi connectivity index (χ2v) is 5.52. The van der Waals surface area contributed by atoms with Crippen molar-refractivity contribution in [3.05, 3.63) is 42.5 Å². The molecule has 0 saturated carbocycles. The molecule has 2 aromatic rings. The molecule has 0 radical (unpaired) electrons. The highest BCUT2D eigenvalue weighted by atomic mass is 16.5. The van der Waals surface area contributed by atoms with Gasteiger partial charge in [-0.2, -0.15) is 0 Å². The van der Waals surface area contributed by atoms with E-state index < -0.39 is 0 Å². The normalized spacial score (nSPS) is 15.0. The fraction of sp³-hybridized carbons (Fsp3) is 0.412. The minimum Gasteiger partial charge on any atom is -0.462 e. The summed E-state index contributed by atoms with van der Waals surface area (Å²) in [5, 5.41) is 0. The van der Waals surface area contributed by atoms with Crippen molar-refractivity contribution in [2.75, 3.05) is 42.6 Å². The molecule has 2 aromatic heterocycles. The molecule has 0 atom stereocenters. The van der Waals surface area contributed by atoms with Gasteiger partial charge in [-0.15, -0.1) is 0 Å². The Morgan fingerprint density at radius 2 is 1.83 bits per heavy atom. The summed E-state index contributed by atoms with van der Waals surface area (Å²) in [7, 11) is 0. The fourth-order valence-corrected chi connectivity index (χ4v) is 2.74. The molecular formula is C17H21N5O2. The molecule has 0 amide bonds. The molecule has 0 aromatic carbocycles. The number of ether oxygens (including phenoxy) is 1. The molecule has 0 N–H and O–H groups in total. The van der Waals surface area contributed by atoms with Crippen LogP contribution in [0.2, 0.25) is 0 Å². The lowest BCUT2D eigenvalue weighted by molar-refractivity contribution is 0.0526. The smallest absolute Gasteiger partial charge is 0.339 e. The summed E-state index contributed by atoms with van der Waals surface area (Å²) < 4.78 is 4.98. The van der Waals surface area contributed by atoms with Crippen LogP contribution in [0.4, 0.5) is 11.6 Å². The molecule has 1 fully saturated rings. The predicted octanol–water partition coefficient (Wildman–Crippen LogP) is 1.77. The minimum atomic E-state index is -0.332. The third-order valence-corrected chi connectivity index (χ3v) is 3.95. The second-order valence-electron chi connectivity index (χ2n) is 5.52. The molecule has 1 aliphatic rings. The first-order chi connectivity index (χ1) is 11.8. The standard InChI is InChI=1S/C17H21N5O2/c1-2-24-17(23)14-4-5-15(20-12-14)21-8-3-9-22(11-10-21)16-13-18-6-7-19-16/h4-7,12-13H,2-3,8-11H2,1H3. The van der Waals surface area contributed by atoms with Gasteiger partial charge in [0, 0.05) is 44.8 Å². The highest BCUT2D eigenvalue weighted by molar-refractivity contribution is 5.89. The second kappa shape index (κ2) is 7.72. The molecule has 24 heavy (non-hydrogen) atoms. The molecule has 0 unspecified atom stereocenters. The van der Waals surface area contributed by atoms with E-state index in [1.165, 1.54) is 0 Å². The zero-order valence-corrected chi connectivity index (χ0v) is 13.8. The van der Waals surface area contributed by atoms with Crippen molar-refractivity contribution < 1.29 is 9.53 Å². The predicted molar refractivity (Wildman–Crippen MR) is 91.3 cm³/mol. The average Bonchev–Trinajstić information content (AvgIpc) is 2.89. The average molecular weight is 327 g/mol. The van der Waals surface area contributed by atoms with E-state index in [9.17, 15) is 4.79 Å². The molecule has 3 heterocycles. The van der Waals surface area contributed by atoms with E-state index >= 15 is 0 Å². The highest BCUT2D eigenvalue weighted by Gasteiger charge is 2.17. The van der Waals surface area contributed by atoms with Crippen LogP contribution < -0.4 is 9.80 Å². The summed E-state index contributed by atoms with van der Waals surface area (Å²) in [6.45, 7) is 5.73. The van der Waals surface area contributed by atoms with Crippen molar-refractivity contribution in [1.29, 1.82) is 0 Å². The lowest BCUT2D eigenvalue weighted by Crippen LogP contribution is -2.31. The van der Waals surface area contributed by atoms with E-state index in [1.807, 2.05) is 6.07 Å². The van der Waals surface area contributed by atoms with Crippen LogP contribution in [-0.4, -0.2) is 53.7 Å². The molecule has 0 aliphatic carbocycles. The van der Waals surface area contributed by atoms with Crippen molar-refractivity contribution in [1.82, 2.24) is 15.0 Å². The van der Waals surface area contributed by atoms with Gasteiger partial charge in [-0.05, 0) is 25.5 Å². The molecule has 1 aliphatic heterocycles. The number of rotatable bonds is 4. The van der Waals surface area contributed by atoms with Gasteiger partial charge in [0.1, 0.15) is 11.6 Å². The first-order valence-electron chi connectivity index (χ1n) is 8.17. The monoisotopic (exact) mass is 327 g/mol. The number of hydrogen-bond acceptors (Lipinski definition) is 7. The topological polar surface area (TPSA) is 71.5 Å². The number of pyridine rings is 1. The summed E-state index contributed by atoms with van der Waals surface area (Å²) in [5.41, 5.74) is 0.483. The molecule has 7 nitrogen and oxygen atoms in total. The lowest BCUT2D eigenvalue weighted by Gasteiger charge is -2.23. The van der Waals surface area contributed by atoms with Gasteiger partial charge in [0.25, 0.3) is 0 Å². The van der Waals surface area contributed by atoms with Gasteiger partial charge in [-0.25, -0.2) is 14.8 Å². The van der Waals surface area contributed by atoms with Gasteiger partial charge in [0.15, 0.2) is 0 Å². The number of carbonyl (C=O) groups excluding carboxylic acids is 1. The summed E-state index contributed by atoms with van der Waals surface area (Å²) in [5.74, 6) is 1.45. The first-order valence-corrected chi connectivity index (χ1v) is 8.17. The van der Waals surface area contributed by atoms with Crippen LogP contribution in [0, 0.1) is 0 Å². The van der Waals surface area contributed by atoms with Crippen LogP contribution in [-0.2, 0) is 4.74 Å². The molecule has 1 saturated heterocycles. The summed E-state index contributed by atoms with van der Waals surface area (Å²) in [4.78, 5) is 29.1. The van der Waals surface area contributed by atoms with Crippen LogP contribution in [0.3, 0.4) is 0 Å².